The van der Waals surface area contributed by atoms with Gasteiger partial charge in [-0.3, -0.25) is 0 Å². The Morgan fingerprint density at radius 1 is 1.30 bits per heavy atom. The zero-order valence-corrected chi connectivity index (χ0v) is 13.9. The number of nitrogens with zero attached hydrogens (tertiary/aromatic N) is 2. The van der Waals surface area contributed by atoms with Gasteiger partial charge in [-0.1, -0.05) is 32.4 Å². The van der Waals surface area contributed by atoms with Crippen LogP contribution in [0.5, 0.6) is 0 Å². The minimum Gasteiger partial charge on any atom is -0.369 e. The van der Waals surface area contributed by atoms with Gasteiger partial charge in [0.05, 0.1) is 0 Å². The number of halogens is 1. The second-order valence-electron chi connectivity index (χ2n) is 5.87. The van der Waals surface area contributed by atoms with Crippen LogP contribution in [0.15, 0.2) is 16.8 Å². The van der Waals surface area contributed by atoms with Crippen molar-refractivity contribution in [3.63, 3.8) is 0 Å². The van der Waals surface area contributed by atoms with Gasteiger partial charge < -0.3 is 5.32 Å². The maximum absolute atomic E-state index is 6.21. The van der Waals surface area contributed by atoms with Gasteiger partial charge >= 0.3 is 0 Å². The van der Waals surface area contributed by atoms with E-state index in [4.69, 9.17) is 11.6 Å². The van der Waals surface area contributed by atoms with E-state index in [0.29, 0.717) is 5.15 Å². The van der Waals surface area contributed by atoms with Crippen LogP contribution in [-0.2, 0) is 11.8 Å². The summed E-state index contributed by atoms with van der Waals surface area (Å²) in [7, 11) is 0. The average Bonchev–Trinajstić information content (AvgIpc) is 2.86. The van der Waals surface area contributed by atoms with Crippen LogP contribution in [0.4, 0.5) is 5.82 Å². The van der Waals surface area contributed by atoms with Gasteiger partial charge in [0.25, 0.3) is 0 Å². The van der Waals surface area contributed by atoms with Gasteiger partial charge in [-0.2, -0.15) is 11.3 Å². The van der Waals surface area contributed by atoms with Crippen LogP contribution in [0.2, 0.25) is 5.15 Å². The summed E-state index contributed by atoms with van der Waals surface area (Å²) >= 11 is 7.94. The maximum atomic E-state index is 6.21. The van der Waals surface area contributed by atoms with Crippen molar-refractivity contribution >= 4 is 28.8 Å². The van der Waals surface area contributed by atoms with Gasteiger partial charge in [0, 0.05) is 17.5 Å². The van der Waals surface area contributed by atoms with Crippen LogP contribution in [0.25, 0.3) is 0 Å². The monoisotopic (exact) mass is 309 g/mol. The predicted molar refractivity (Wildman–Crippen MR) is 87.0 cm³/mol. The van der Waals surface area contributed by atoms with Crippen molar-refractivity contribution in [1.82, 2.24) is 9.97 Å². The zero-order chi connectivity index (χ0) is 14.8. The number of anilines is 1. The molecular formula is C15H20ClN3S. The molecule has 0 saturated carbocycles. The Hall–Kier alpha value is -1.13. The van der Waals surface area contributed by atoms with Crippen molar-refractivity contribution in [2.45, 2.75) is 39.5 Å². The van der Waals surface area contributed by atoms with Crippen LogP contribution in [-0.4, -0.2) is 16.5 Å². The summed E-state index contributed by atoms with van der Waals surface area (Å²) in [6.07, 6.45) is 0.982. The van der Waals surface area contributed by atoms with E-state index in [9.17, 15) is 0 Å². The highest BCUT2D eigenvalue weighted by Gasteiger charge is 2.20. The smallest absolute Gasteiger partial charge is 0.137 e. The molecule has 0 aliphatic carbocycles. The molecule has 0 spiro atoms. The molecule has 3 nitrogen and oxygen atoms in total. The topological polar surface area (TPSA) is 37.8 Å². The minimum atomic E-state index is -0.110. The van der Waals surface area contributed by atoms with Crippen LogP contribution in [0, 0.1) is 6.92 Å². The van der Waals surface area contributed by atoms with Crippen LogP contribution < -0.4 is 5.32 Å². The third-order valence-corrected chi connectivity index (χ3v) is 4.14. The molecular weight excluding hydrogens is 290 g/mol. The number of aromatic nitrogens is 2. The molecule has 108 valence electrons. The summed E-state index contributed by atoms with van der Waals surface area (Å²) in [4.78, 5) is 9.00. The van der Waals surface area contributed by atoms with E-state index in [-0.39, 0.29) is 5.41 Å². The molecule has 2 rings (SSSR count). The van der Waals surface area contributed by atoms with Crippen molar-refractivity contribution in [1.29, 1.82) is 0 Å². The van der Waals surface area contributed by atoms with Gasteiger partial charge in [0.1, 0.15) is 16.8 Å². The SMILES string of the molecule is Cc1c(Cl)nc(C(C)(C)C)nc1NCCc1ccsc1. The molecule has 0 fully saturated rings. The molecule has 0 bridgehead atoms. The fraction of sp³-hybridized carbons (Fsp3) is 0.467. The number of nitrogens with one attached hydrogen (secondary N) is 1. The average molecular weight is 310 g/mol. The number of rotatable bonds is 4. The third kappa shape index (κ3) is 3.70. The molecule has 0 aliphatic heterocycles. The summed E-state index contributed by atoms with van der Waals surface area (Å²) < 4.78 is 0. The Kier molecular flexibility index (Phi) is 4.66. The number of hydrogen-bond donors (Lipinski definition) is 1. The summed E-state index contributed by atoms with van der Waals surface area (Å²) in [5.74, 6) is 1.61. The largest absolute Gasteiger partial charge is 0.369 e. The lowest BCUT2D eigenvalue weighted by molar-refractivity contribution is 0.545. The molecule has 2 heterocycles. The Balaban J connectivity index is 2.12. The Labute approximate surface area is 129 Å². The zero-order valence-electron chi connectivity index (χ0n) is 12.3. The van der Waals surface area contributed by atoms with E-state index < -0.39 is 0 Å². The molecule has 0 aliphatic rings. The fourth-order valence-electron chi connectivity index (χ4n) is 1.76. The molecule has 2 aromatic heterocycles. The van der Waals surface area contributed by atoms with E-state index >= 15 is 0 Å². The molecule has 0 unspecified atom stereocenters. The lowest BCUT2D eigenvalue weighted by Gasteiger charge is -2.19. The second-order valence-corrected chi connectivity index (χ2v) is 7.01. The third-order valence-electron chi connectivity index (χ3n) is 3.04. The summed E-state index contributed by atoms with van der Waals surface area (Å²) in [5, 5.41) is 8.17. The maximum Gasteiger partial charge on any atom is 0.137 e. The molecule has 0 saturated heterocycles. The Bertz CT molecular complexity index is 574. The van der Waals surface area contributed by atoms with Gasteiger partial charge in [-0.05, 0) is 35.7 Å². The lowest BCUT2D eigenvalue weighted by atomic mass is 9.95. The van der Waals surface area contributed by atoms with E-state index in [1.807, 2.05) is 6.92 Å². The standard InChI is InChI=1S/C15H20ClN3S/c1-10-12(16)18-14(15(2,3)4)19-13(10)17-7-5-11-6-8-20-9-11/h6,8-9H,5,7H2,1-4H3,(H,17,18,19). The molecule has 2 aromatic rings. The normalized spacial score (nSPS) is 11.7. The summed E-state index contributed by atoms with van der Waals surface area (Å²) in [5.41, 5.74) is 2.14. The lowest BCUT2D eigenvalue weighted by Crippen LogP contribution is -2.19. The molecule has 0 radical (unpaired) electrons. The first-order valence-corrected chi connectivity index (χ1v) is 7.99. The van der Waals surface area contributed by atoms with E-state index in [0.717, 1.165) is 30.2 Å². The highest BCUT2D eigenvalue weighted by atomic mass is 35.5. The number of hydrogen-bond acceptors (Lipinski definition) is 4. The molecule has 0 atom stereocenters. The molecule has 0 aromatic carbocycles. The van der Waals surface area contributed by atoms with Gasteiger partial charge in [-0.25, -0.2) is 9.97 Å². The van der Waals surface area contributed by atoms with Crippen LogP contribution >= 0.6 is 22.9 Å². The van der Waals surface area contributed by atoms with Gasteiger partial charge in [0.15, 0.2) is 0 Å². The van der Waals surface area contributed by atoms with Crippen LogP contribution in [0.3, 0.4) is 0 Å². The Morgan fingerprint density at radius 2 is 2.05 bits per heavy atom. The van der Waals surface area contributed by atoms with Crippen molar-refractivity contribution in [3.8, 4) is 0 Å². The number of thiophene rings is 1. The van der Waals surface area contributed by atoms with Crippen molar-refractivity contribution in [3.05, 3.63) is 38.9 Å². The minimum absolute atomic E-state index is 0.110. The first-order valence-electron chi connectivity index (χ1n) is 6.67. The highest BCUT2D eigenvalue weighted by Crippen LogP contribution is 2.26. The van der Waals surface area contributed by atoms with Gasteiger partial charge in [0.2, 0.25) is 0 Å². The van der Waals surface area contributed by atoms with E-state index in [1.165, 1.54) is 5.56 Å². The summed E-state index contributed by atoms with van der Waals surface area (Å²) in [6, 6.07) is 2.15. The molecule has 5 heteroatoms. The molecule has 1 N–H and O–H groups in total. The second kappa shape index (κ2) is 6.10. The first-order chi connectivity index (χ1) is 9.38. The van der Waals surface area contributed by atoms with Crippen LogP contribution in [0.1, 0.15) is 37.7 Å². The molecule has 20 heavy (non-hydrogen) atoms. The fourth-order valence-corrected chi connectivity index (χ4v) is 2.63. The van der Waals surface area contributed by atoms with E-state index in [1.54, 1.807) is 11.3 Å². The first kappa shape index (κ1) is 15.3. The van der Waals surface area contributed by atoms with Crippen molar-refractivity contribution in [2.75, 3.05) is 11.9 Å². The van der Waals surface area contributed by atoms with Crippen molar-refractivity contribution < 1.29 is 0 Å². The molecule has 0 amide bonds. The Morgan fingerprint density at radius 3 is 2.65 bits per heavy atom. The van der Waals surface area contributed by atoms with Gasteiger partial charge in [-0.15, -0.1) is 0 Å². The predicted octanol–water partition coefficient (Wildman–Crippen LogP) is 4.45. The van der Waals surface area contributed by atoms with E-state index in [2.05, 4.69) is 52.9 Å². The quantitative estimate of drug-likeness (QED) is 0.848. The summed E-state index contributed by atoms with van der Waals surface area (Å²) in [6.45, 7) is 9.05. The highest BCUT2D eigenvalue weighted by molar-refractivity contribution is 7.07. The van der Waals surface area contributed by atoms with Crippen molar-refractivity contribution in [2.24, 2.45) is 0 Å².